The van der Waals surface area contributed by atoms with E-state index in [9.17, 15) is 0 Å². The van der Waals surface area contributed by atoms with Crippen molar-refractivity contribution in [3.05, 3.63) is 22.4 Å². The summed E-state index contributed by atoms with van der Waals surface area (Å²) in [4.78, 5) is 11.5. The fourth-order valence-corrected chi connectivity index (χ4v) is 5.06. The molecule has 1 aromatic rings. The molecule has 0 aliphatic carbocycles. The van der Waals surface area contributed by atoms with Crippen LogP contribution in [0.2, 0.25) is 0 Å². The molecule has 7 heteroatoms. The van der Waals surface area contributed by atoms with Crippen molar-refractivity contribution in [2.45, 2.75) is 39.2 Å². The van der Waals surface area contributed by atoms with Crippen molar-refractivity contribution in [3.63, 3.8) is 0 Å². The predicted octanol–water partition coefficient (Wildman–Crippen LogP) is 2.80. The zero-order chi connectivity index (χ0) is 20.3. The minimum absolute atomic E-state index is 0.369. The number of hydrogen-bond donors (Lipinski definition) is 2. The first-order valence-corrected chi connectivity index (χ1v) is 12.2. The molecule has 2 unspecified atom stereocenters. The summed E-state index contributed by atoms with van der Waals surface area (Å²) in [5, 5.41) is 9.22. The lowest BCUT2D eigenvalue weighted by Crippen LogP contribution is -2.46. The van der Waals surface area contributed by atoms with Crippen LogP contribution in [-0.4, -0.2) is 81.3 Å². The quantitative estimate of drug-likeness (QED) is 0.474. The van der Waals surface area contributed by atoms with Crippen LogP contribution >= 0.6 is 11.3 Å². The molecule has 3 heterocycles. The Balaban J connectivity index is 1.53. The standard InChI is InChI=1S/C22H39N5OS/c1-3-23-22(24-16-19(2)18-26-9-5-4-6-10-26)25-17-20(21-8-7-15-29-21)27-11-13-28-14-12-27/h7-8,15,19-20H,3-6,9-14,16-18H2,1-2H3,(H2,23,24,25). The van der Waals surface area contributed by atoms with Crippen LogP contribution in [-0.2, 0) is 4.74 Å². The summed E-state index contributed by atoms with van der Waals surface area (Å²) in [6.07, 6.45) is 4.10. The van der Waals surface area contributed by atoms with Gasteiger partial charge in [-0.2, -0.15) is 0 Å². The first kappa shape index (κ1) is 22.5. The maximum Gasteiger partial charge on any atom is 0.191 e. The van der Waals surface area contributed by atoms with Crippen LogP contribution in [0.1, 0.15) is 44.0 Å². The first-order valence-electron chi connectivity index (χ1n) is 11.4. The Hall–Kier alpha value is -1.15. The predicted molar refractivity (Wildman–Crippen MR) is 123 cm³/mol. The molecule has 2 aliphatic rings. The second-order valence-electron chi connectivity index (χ2n) is 8.25. The van der Waals surface area contributed by atoms with Crippen molar-refractivity contribution in [2.75, 3.05) is 65.6 Å². The summed E-state index contributed by atoms with van der Waals surface area (Å²) in [5.41, 5.74) is 0. The summed E-state index contributed by atoms with van der Waals surface area (Å²) >= 11 is 1.84. The van der Waals surface area contributed by atoms with Gasteiger partial charge in [-0.3, -0.25) is 9.89 Å². The third-order valence-corrected chi connectivity index (χ3v) is 6.72. The number of piperidine rings is 1. The van der Waals surface area contributed by atoms with Gasteiger partial charge in [0.15, 0.2) is 5.96 Å². The van der Waals surface area contributed by atoms with E-state index in [1.165, 1.54) is 37.2 Å². The number of guanidine groups is 1. The zero-order valence-electron chi connectivity index (χ0n) is 18.2. The van der Waals surface area contributed by atoms with Crippen molar-refractivity contribution < 1.29 is 4.74 Å². The molecule has 0 spiro atoms. The SMILES string of the molecule is CCNC(=NCC(C)CN1CCCCC1)NCC(c1cccs1)N1CCOCC1. The fraction of sp³-hybridized carbons (Fsp3) is 0.773. The van der Waals surface area contributed by atoms with Gasteiger partial charge in [-0.15, -0.1) is 11.3 Å². The van der Waals surface area contributed by atoms with E-state index in [0.717, 1.165) is 58.4 Å². The summed E-state index contributed by atoms with van der Waals surface area (Å²) < 4.78 is 5.56. The lowest BCUT2D eigenvalue weighted by Gasteiger charge is -2.34. The van der Waals surface area contributed by atoms with Crippen molar-refractivity contribution >= 4 is 17.3 Å². The molecule has 0 bridgehead atoms. The van der Waals surface area contributed by atoms with E-state index >= 15 is 0 Å². The third-order valence-electron chi connectivity index (χ3n) is 5.74. The van der Waals surface area contributed by atoms with Crippen LogP contribution in [0, 0.1) is 5.92 Å². The van der Waals surface area contributed by atoms with Gasteiger partial charge in [-0.05, 0) is 50.2 Å². The van der Waals surface area contributed by atoms with E-state index in [0.29, 0.717) is 12.0 Å². The fourth-order valence-electron chi connectivity index (χ4n) is 4.20. The molecule has 0 radical (unpaired) electrons. The van der Waals surface area contributed by atoms with Crippen LogP contribution in [0.3, 0.4) is 0 Å². The van der Waals surface area contributed by atoms with Gasteiger partial charge in [0.25, 0.3) is 0 Å². The smallest absolute Gasteiger partial charge is 0.191 e. The van der Waals surface area contributed by atoms with Crippen LogP contribution in [0.4, 0.5) is 0 Å². The summed E-state index contributed by atoms with van der Waals surface area (Å²) in [5.74, 6) is 1.52. The Morgan fingerprint density at radius 2 is 1.97 bits per heavy atom. The van der Waals surface area contributed by atoms with E-state index in [4.69, 9.17) is 9.73 Å². The van der Waals surface area contributed by atoms with Crippen molar-refractivity contribution in [1.82, 2.24) is 20.4 Å². The second kappa shape index (κ2) is 12.5. The number of rotatable bonds is 9. The molecule has 1 aromatic heterocycles. The third kappa shape index (κ3) is 7.55. The minimum Gasteiger partial charge on any atom is -0.379 e. The molecule has 0 saturated carbocycles. The average molecular weight is 422 g/mol. The number of nitrogens with one attached hydrogen (secondary N) is 2. The van der Waals surface area contributed by atoms with Crippen LogP contribution in [0.15, 0.2) is 22.5 Å². The molecule has 0 aromatic carbocycles. The number of hydrogen-bond acceptors (Lipinski definition) is 5. The topological polar surface area (TPSA) is 52.1 Å². The summed E-state index contributed by atoms with van der Waals surface area (Å²) in [6.45, 7) is 14.4. The van der Waals surface area contributed by atoms with Gasteiger partial charge in [0.2, 0.25) is 0 Å². The first-order chi connectivity index (χ1) is 14.3. The van der Waals surface area contributed by atoms with E-state index in [1.807, 2.05) is 11.3 Å². The normalized spacial score (nSPS) is 21.7. The highest BCUT2D eigenvalue weighted by atomic mass is 32.1. The van der Waals surface area contributed by atoms with Crippen molar-refractivity contribution in [1.29, 1.82) is 0 Å². The van der Waals surface area contributed by atoms with Gasteiger partial charge >= 0.3 is 0 Å². The monoisotopic (exact) mass is 421 g/mol. The molecule has 2 N–H and O–H groups in total. The van der Waals surface area contributed by atoms with Crippen molar-refractivity contribution in [2.24, 2.45) is 10.9 Å². The number of nitrogens with zero attached hydrogens (tertiary/aromatic N) is 3. The molecular weight excluding hydrogens is 382 g/mol. The van der Waals surface area contributed by atoms with E-state index in [-0.39, 0.29) is 0 Å². The van der Waals surface area contributed by atoms with Crippen LogP contribution in [0.5, 0.6) is 0 Å². The maximum absolute atomic E-state index is 5.56. The molecule has 2 atom stereocenters. The molecule has 0 amide bonds. The number of likely N-dealkylation sites (tertiary alicyclic amines) is 1. The molecule has 29 heavy (non-hydrogen) atoms. The van der Waals surface area contributed by atoms with Gasteiger partial charge in [0.1, 0.15) is 0 Å². The summed E-state index contributed by atoms with van der Waals surface area (Å²) in [6, 6.07) is 4.76. The maximum atomic E-state index is 5.56. The molecular formula is C22H39N5OS. The molecule has 164 valence electrons. The molecule has 3 rings (SSSR count). The van der Waals surface area contributed by atoms with Gasteiger partial charge in [0.05, 0.1) is 19.3 Å². The lowest BCUT2D eigenvalue weighted by molar-refractivity contribution is 0.0177. The van der Waals surface area contributed by atoms with Crippen molar-refractivity contribution in [3.8, 4) is 0 Å². The minimum atomic E-state index is 0.369. The molecule has 2 aliphatic heterocycles. The number of ether oxygens (including phenoxy) is 1. The second-order valence-corrected chi connectivity index (χ2v) is 9.23. The Labute approximate surface area is 180 Å². The van der Waals surface area contributed by atoms with Crippen LogP contribution < -0.4 is 10.6 Å². The largest absolute Gasteiger partial charge is 0.379 e. The Bertz CT molecular complexity index is 582. The number of thiophene rings is 1. The summed E-state index contributed by atoms with van der Waals surface area (Å²) in [7, 11) is 0. The Morgan fingerprint density at radius 3 is 2.66 bits per heavy atom. The highest BCUT2D eigenvalue weighted by Gasteiger charge is 2.23. The Kier molecular flexibility index (Phi) is 9.73. The van der Waals surface area contributed by atoms with Crippen LogP contribution in [0.25, 0.3) is 0 Å². The van der Waals surface area contributed by atoms with E-state index < -0.39 is 0 Å². The van der Waals surface area contributed by atoms with Gasteiger partial charge < -0.3 is 20.3 Å². The van der Waals surface area contributed by atoms with Gasteiger partial charge in [-0.1, -0.05) is 19.4 Å². The lowest BCUT2D eigenvalue weighted by atomic mass is 10.1. The molecule has 6 nitrogen and oxygen atoms in total. The molecule has 2 fully saturated rings. The van der Waals surface area contributed by atoms with E-state index in [2.05, 4.69) is 51.8 Å². The zero-order valence-corrected chi connectivity index (χ0v) is 19.1. The number of morpholine rings is 1. The molecule has 2 saturated heterocycles. The van der Waals surface area contributed by atoms with Gasteiger partial charge in [-0.25, -0.2) is 0 Å². The van der Waals surface area contributed by atoms with E-state index in [1.54, 1.807) is 0 Å². The Morgan fingerprint density at radius 1 is 1.17 bits per heavy atom. The number of aliphatic imine (C=N–C) groups is 1. The highest BCUT2D eigenvalue weighted by Crippen LogP contribution is 2.25. The highest BCUT2D eigenvalue weighted by molar-refractivity contribution is 7.10. The van der Waals surface area contributed by atoms with Gasteiger partial charge in [0, 0.05) is 44.1 Å². The average Bonchev–Trinajstić information content (AvgIpc) is 3.28.